The summed E-state index contributed by atoms with van der Waals surface area (Å²) in [6.07, 6.45) is 3.83. The van der Waals surface area contributed by atoms with Crippen LogP contribution in [0.15, 0.2) is 143 Å². The lowest BCUT2D eigenvalue weighted by Gasteiger charge is -2.17. The molecule has 6 aromatic rings. The first-order valence-corrected chi connectivity index (χ1v) is 19.7. The first-order chi connectivity index (χ1) is 26.4. The molecular weight excluding hydrogens is 706 g/mol. The van der Waals surface area contributed by atoms with Gasteiger partial charge in [-0.3, -0.25) is 9.98 Å². The fraction of sp³-hybridized carbons (Fsp3) is 0.174. The fourth-order valence-corrected chi connectivity index (χ4v) is 8.24. The molecule has 6 rings (SSSR count). The van der Waals surface area contributed by atoms with E-state index in [-0.39, 0.29) is 0 Å². The third kappa shape index (κ3) is 11.4. The molecule has 0 aliphatic rings. The molecule has 0 spiro atoms. The van der Waals surface area contributed by atoms with Gasteiger partial charge in [-0.2, -0.15) is 0 Å². The van der Waals surface area contributed by atoms with Crippen LogP contribution in [0.25, 0.3) is 0 Å². The van der Waals surface area contributed by atoms with E-state index in [2.05, 4.69) is 96.6 Å². The molecule has 0 aromatic heterocycles. The second-order valence-corrected chi connectivity index (χ2v) is 15.0. The van der Waals surface area contributed by atoms with E-state index in [0.717, 1.165) is 55.9 Å². The lowest BCUT2D eigenvalue weighted by Crippen LogP contribution is -2.15. The Labute approximate surface area is 323 Å². The molecule has 276 valence electrons. The predicted octanol–water partition coefficient (Wildman–Crippen LogP) is 8.52. The maximum absolute atomic E-state index is 6.21. The van der Waals surface area contributed by atoms with E-state index in [1.54, 1.807) is 28.3 Å². The van der Waals surface area contributed by atoms with Crippen molar-refractivity contribution < 1.29 is 18.9 Å². The van der Waals surface area contributed by atoms with Crippen molar-refractivity contribution in [1.29, 1.82) is 0 Å². The Morgan fingerprint density at radius 1 is 0.537 bits per heavy atom. The lowest BCUT2D eigenvalue weighted by atomic mass is 10.1. The molecule has 8 heteroatoms. The molecule has 6 nitrogen and oxygen atoms in total. The summed E-state index contributed by atoms with van der Waals surface area (Å²) in [7, 11) is 7.88. The van der Waals surface area contributed by atoms with Gasteiger partial charge >= 0.3 is 0 Å². The smallest absolute Gasteiger partial charge is 0.169 e. The summed E-state index contributed by atoms with van der Waals surface area (Å²) in [6, 6.07) is 45.2. The van der Waals surface area contributed by atoms with Crippen LogP contribution >= 0.6 is 17.2 Å². The van der Waals surface area contributed by atoms with Crippen molar-refractivity contribution >= 4 is 50.8 Å². The first-order valence-electron chi connectivity index (χ1n) is 17.7. The molecular formula is C46H48N2O4P2. The molecule has 0 aliphatic carbocycles. The van der Waals surface area contributed by atoms with Crippen molar-refractivity contribution in [2.24, 2.45) is 9.98 Å². The van der Waals surface area contributed by atoms with Gasteiger partial charge < -0.3 is 18.9 Å². The molecule has 0 heterocycles. The van der Waals surface area contributed by atoms with Crippen molar-refractivity contribution in [2.75, 3.05) is 28.3 Å². The zero-order chi connectivity index (χ0) is 38.1. The monoisotopic (exact) mass is 754 g/mol. The molecule has 6 aromatic carbocycles. The molecule has 0 radical (unpaired) electrons. The Morgan fingerprint density at radius 2 is 1.20 bits per heavy atom. The van der Waals surface area contributed by atoms with Crippen LogP contribution in [0.4, 0.5) is 0 Å². The summed E-state index contributed by atoms with van der Waals surface area (Å²) in [5.41, 5.74) is 7.05. The highest BCUT2D eigenvalue weighted by molar-refractivity contribution is 7.56. The highest BCUT2D eigenvalue weighted by atomic mass is 31.1. The van der Waals surface area contributed by atoms with Crippen molar-refractivity contribution in [1.82, 2.24) is 0 Å². The van der Waals surface area contributed by atoms with Gasteiger partial charge in [0.1, 0.15) is 24.7 Å². The average molecular weight is 755 g/mol. The van der Waals surface area contributed by atoms with Crippen LogP contribution in [-0.4, -0.2) is 40.7 Å². The van der Waals surface area contributed by atoms with Gasteiger partial charge in [-0.05, 0) is 71.5 Å². The van der Waals surface area contributed by atoms with Crippen LogP contribution in [0.1, 0.15) is 33.4 Å². The quantitative estimate of drug-likeness (QED) is 0.0827. The number of aliphatic imine (C=N–C) groups is 2. The van der Waals surface area contributed by atoms with Crippen LogP contribution in [0.3, 0.4) is 0 Å². The van der Waals surface area contributed by atoms with Gasteiger partial charge in [-0.15, -0.1) is 0 Å². The van der Waals surface area contributed by atoms with Gasteiger partial charge in [0.2, 0.25) is 0 Å². The minimum Gasteiger partial charge on any atom is -0.497 e. The molecule has 2 atom stereocenters. The second kappa shape index (κ2) is 20.8. The lowest BCUT2D eigenvalue weighted by molar-refractivity contribution is 0.287. The first kappa shape index (κ1) is 39.9. The minimum atomic E-state index is 0.451. The van der Waals surface area contributed by atoms with Crippen LogP contribution < -0.4 is 40.2 Å². The zero-order valence-electron chi connectivity index (χ0n) is 31.8. The standard InChI is InChI=1S/2C23H24NO2P/c1-17-9-7-12-19(15-24-2)23(17)27-21-14-8-13-20(25-3)22(21)26-16-18-10-5-4-6-11-18;1-17-9-12-22(19(13-17)15-24-2)27-23-14-20(25-3)10-11-21(23)26-16-18-7-5-4-6-8-18/h2*4-15,27H,16H2,1-3H3. The normalized spacial score (nSPS) is 11.4. The molecule has 0 saturated heterocycles. The molecule has 0 amide bonds. The summed E-state index contributed by atoms with van der Waals surface area (Å²) in [5, 5.41) is 4.77. The summed E-state index contributed by atoms with van der Waals surface area (Å²) < 4.78 is 23.3. The van der Waals surface area contributed by atoms with Gasteiger partial charge in [0.05, 0.1) is 14.2 Å². The summed E-state index contributed by atoms with van der Waals surface area (Å²) >= 11 is 0. The van der Waals surface area contributed by atoms with Gasteiger partial charge in [-0.25, -0.2) is 0 Å². The van der Waals surface area contributed by atoms with Crippen molar-refractivity contribution in [3.63, 3.8) is 0 Å². The van der Waals surface area contributed by atoms with E-state index in [0.29, 0.717) is 30.4 Å². The van der Waals surface area contributed by atoms with Gasteiger partial charge in [0.15, 0.2) is 11.5 Å². The Bertz CT molecular complexity index is 2140. The Kier molecular flexibility index (Phi) is 15.4. The highest BCUT2D eigenvalue weighted by Crippen LogP contribution is 2.31. The van der Waals surface area contributed by atoms with Crippen molar-refractivity contribution in [3.8, 4) is 23.0 Å². The Hall–Kier alpha value is -5.28. The van der Waals surface area contributed by atoms with E-state index < -0.39 is 0 Å². The predicted molar refractivity (Wildman–Crippen MR) is 232 cm³/mol. The van der Waals surface area contributed by atoms with E-state index in [4.69, 9.17) is 18.9 Å². The van der Waals surface area contributed by atoms with E-state index in [9.17, 15) is 0 Å². The molecule has 2 unspecified atom stereocenters. The largest absolute Gasteiger partial charge is 0.497 e. The number of aryl methyl sites for hydroxylation is 2. The third-order valence-electron chi connectivity index (χ3n) is 8.43. The highest BCUT2D eigenvalue weighted by Gasteiger charge is 2.15. The van der Waals surface area contributed by atoms with Crippen LogP contribution in [-0.2, 0) is 13.2 Å². The molecule has 0 fully saturated rings. The average Bonchev–Trinajstić information content (AvgIpc) is 3.20. The third-order valence-corrected chi connectivity index (χ3v) is 11.4. The summed E-state index contributed by atoms with van der Waals surface area (Å²) in [5.74, 6) is 3.29. The van der Waals surface area contributed by atoms with E-state index in [1.807, 2.05) is 73.1 Å². The van der Waals surface area contributed by atoms with E-state index in [1.165, 1.54) is 21.7 Å². The van der Waals surface area contributed by atoms with Gasteiger partial charge in [0.25, 0.3) is 0 Å². The van der Waals surface area contributed by atoms with Crippen LogP contribution in [0.5, 0.6) is 23.0 Å². The van der Waals surface area contributed by atoms with E-state index >= 15 is 0 Å². The SMILES string of the molecule is CN=Cc1cc(C)ccc1Pc1cc(OC)ccc1OCc1ccccc1.CN=Cc1cccc(C)c1Pc1cccc(OC)c1OCc1ccccc1. The zero-order valence-corrected chi connectivity index (χ0v) is 33.8. The fourth-order valence-electron chi connectivity index (χ4n) is 5.68. The molecule has 0 saturated carbocycles. The number of para-hydroxylation sites is 1. The molecule has 54 heavy (non-hydrogen) atoms. The van der Waals surface area contributed by atoms with Gasteiger partial charge in [0, 0.05) is 48.3 Å². The van der Waals surface area contributed by atoms with Crippen LogP contribution in [0, 0.1) is 13.8 Å². The summed E-state index contributed by atoms with van der Waals surface area (Å²) in [6.45, 7) is 5.29. The maximum atomic E-state index is 6.21. The number of methoxy groups -OCH3 is 2. The second-order valence-electron chi connectivity index (χ2n) is 12.4. The number of ether oxygens (including phenoxy) is 4. The number of hydrogen-bond donors (Lipinski definition) is 0. The number of rotatable bonds is 14. The molecule has 0 N–H and O–H groups in total. The van der Waals surface area contributed by atoms with Crippen molar-refractivity contribution in [3.05, 3.63) is 167 Å². The van der Waals surface area contributed by atoms with Crippen LogP contribution in [0.2, 0.25) is 0 Å². The molecule has 0 bridgehead atoms. The summed E-state index contributed by atoms with van der Waals surface area (Å²) in [4.78, 5) is 8.41. The Morgan fingerprint density at radius 3 is 1.87 bits per heavy atom. The number of benzene rings is 6. The van der Waals surface area contributed by atoms with Crippen molar-refractivity contribution in [2.45, 2.75) is 27.1 Å². The topological polar surface area (TPSA) is 61.6 Å². The van der Waals surface area contributed by atoms with Gasteiger partial charge in [-0.1, -0.05) is 126 Å². The number of nitrogens with zero attached hydrogens (tertiary/aromatic N) is 2. The Balaban J connectivity index is 0.000000208. The minimum absolute atomic E-state index is 0.451. The number of hydrogen-bond acceptors (Lipinski definition) is 6. The maximum Gasteiger partial charge on any atom is 0.169 e. The molecule has 0 aliphatic heterocycles.